The highest BCUT2D eigenvalue weighted by Crippen LogP contribution is 2.19. The van der Waals surface area contributed by atoms with Crippen molar-refractivity contribution in [2.75, 3.05) is 0 Å². The molecule has 19 heavy (non-hydrogen) atoms. The molecule has 0 saturated heterocycles. The molecule has 0 radical (unpaired) electrons. The van der Waals surface area contributed by atoms with Gasteiger partial charge in [-0.05, 0) is 31.2 Å². The van der Waals surface area contributed by atoms with Gasteiger partial charge in [-0.15, -0.1) is 11.3 Å². The summed E-state index contributed by atoms with van der Waals surface area (Å²) < 4.78 is 24.4. The average molecular weight is 315 g/mol. The number of benzene rings is 1. The maximum atomic E-state index is 11.9. The summed E-state index contributed by atoms with van der Waals surface area (Å²) in [6.45, 7) is 1.89. The van der Waals surface area contributed by atoms with E-state index in [2.05, 4.69) is 9.93 Å². The number of nitrogens with one attached hydrogen (secondary N) is 1. The molecule has 1 aromatic carbocycles. The van der Waals surface area contributed by atoms with Gasteiger partial charge in [-0.1, -0.05) is 29.3 Å². The van der Waals surface area contributed by atoms with Crippen LogP contribution in [-0.4, -0.2) is 14.6 Å². The maximum Gasteiger partial charge on any atom is 0.276 e. The molecule has 0 atom stereocenters. The summed E-state index contributed by atoms with van der Waals surface area (Å²) >= 11 is 7.08. The minimum atomic E-state index is -3.62. The summed E-state index contributed by atoms with van der Waals surface area (Å²) in [5.41, 5.74) is 0.996. The molecule has 1 aromatic heterocycles. The fourth-order valence-electron chi connectivity index (χ4n) is 1.33. The fourth-order valence-corrected chi connectivity index (χ4v) is 3.05. The Morgan fingerprint density at radius 2 is 1.89 bits per heavy atom. The normalized spacial score (nSPS) is 11.9. The van der Waals surface area contributed by atoms with Gasteiger partial charge in [0, 0.05) is 4.88 Å². The summed E-state index contributed by atoms with van der Waals surface area (Å²) in [7, 11) is -3.62. The summed E-state index contributed by atoms with van der Waals surface area (Å²) in [4.78, 5) is 3.11. The van der Waals surface area contributed by atoms with Crippen LogP contribution in [0.5, 0.6) is 0 Å². The Morgan fingerprint density at radius 1 is 1.21 bits per heavy atom. The molecule has 0 amide bonds. The van der Waals surface area contributed by atoms with Gasteiger partial charge >= 0.3 is 0 Å². The van der Waals surface area contributed by atoms with Crippen LogP contribution in [0.3, 0.4) is 0 Å². The first-order chi connectivity index (χ1) is 8.97. The van der Waals surface area contributed by atoms with Crippen LogP contribution < -0.4 is 4.83 Å². The average Bonchev–Trinajstić information content (AvgIpc) is 2.75. The van der Waals surface area contributed by atoms with E-state index in [0.717, 1.165) is 10.4 Å². The zero-order valence-electron chi connectivity index (χ0n) is 10.00. The number of halogens is 1. The third-order valence-corrected chi connectivity index (χ3v) is 4.69. The van der Waals surface area contributed by atoms with Gasteiger partial charge in [0.05, 0.1) is 15.4 Å². The van der Waals surface area contributed by atoms with E-state index in [9.17, 15) is 8.42 Å². The Labute approximate surface area is 120 Å². The van der Waals surface area contributed by atoms with E-state index in [0.29, 0.717) is 4.34 Å². The quantitative estimate of drug-likeness (QED) is 0.696. The lowest BCUT2D eigenvalue weighted by molar-refractivity contribution is 0.584. The number of hydrazone groups is 1. The highest BCUT2D eigenvalue weighted by Gasteiger charge is 2.11. The van der Waals surface area contributed by atoms with E-state index in [4.69, 9.17) is 11.6 Å². The SMILES string of the molecule is Cc1ccc(S(=O)(=O)NN=Cc2ccc(Cl)s2)cc1. The second-order valence-corrected chi connectivity index (χ2v) is 7.22. The van der Waals surface area contributed by atoms with E-state index >= 15 is 0 Å². The first-order valence-electron chi connectivity index (χ1n) is 5.34. The fraction of sp³-hybridized carbons (Fsp3) is 0.0833. The summed E-state index contributed by atoms with van der Waals surface area (Å²) in [5, 5.41) is 3.71. The largest absolute Gasteiger partial charge is 0.276 e. The van der Waals surface area contributed by atoms with Crippen LogP contribution in [0, 0.1) is 6.92 Å². The van der Waals surface area contributed by atoms with Crippen LogP contribution >= 0.6 is 22.9 Å². The Balaban J connectivity index is 2.09. The van der Waals surface area contributed by atoms with Crippen molar-refractivity contribution in [3.05, 3.63) is 51.2 Å². The molecular weight excluding hydrogens is 304 g/mol. The van der Waals surface area contributed by atoms with Gasteiger partial charge in [0.25, 0.3) is 10.0 Å². The van der Waals surface area contributed by atoms with Crippen molar-refractivity contribution in [1.82, 2.24) is 4.83 Å². The monoisotopic (exact) mass is 314 g/mol. The Hall–Kier alpha value is -1.37. The molecule has 4 nitrogen and oxygen atoms in total. The highest BCUT2D eigenvalue weighted by atomic mass is 35.5. The summed E-state index contributed by atoms with van der Waals surface area (Å²) in [6.07, 6.45) is 1.42. The van der Waals surface area contributed by atoms with Gasteiger partial charge in [-0.3, -0.25) is 0 Å². The summed E-state index contributed by atoms with van der Waals surface area (Å²) in [5.74, 6) is 0. The molecule has 7 heteroatoms. The molecule has 1 N–H and O–H groups in total. The van der Waals surface area contributed by atoms with Crippen molar-refractivity contribution in [3.63, 3.8) is 0 Å². The van der Waals surface area contributed by atoms with Crippen LogP contribution in [0.15, 0.2) is 46.4 Å². The number of aryl methyl sites for hydroxylation is 1. The van der Waals surface area contributed by atoms with Crippen LogP contribution in [-0.2, 0) is 10.0 Å². The number of thiophene rings is 1. The topological polar surface area (TPSA) is 58.5 Å². The third kappa shape index (κ3) is 3.79. The zero-order valence-corrected chi connectivity index (χ0v) is 12.4. The minimum Gasteiger partial charge on any atom is -0.200 e. The van der Waals surface area contributed by atoms with Crippen molar-refractivity contribution >= 4 is 39.2 Å². The molecule has 0 aliphatic rings. The van der Waals surface area contributed by atoms with Crippen molar-refractivity contribution in [1.29, 1.82) is 0 Å². The van der Waals surface area contributed by atoms with Crippen molar-refractivity contribution in [2.45, 2.75) is 11.8 Å². The first kappa shape index (κ1) is 14.0. The molecule has 0 aliphatic heterocycles. The lowest BCUT2D eigenvalue weighted by Crippen LogP contribution is -2.18. The molecular formula is C12H11ClN2O2S2. The predicted molar refractivity (Wildman–Crippen MR) is 78.4 cm³/mol. The molecule has 1 heterocycles. The number of hydrogen-bond acceptors (Lipinski definition) is 4. The van der Waals surface area contributed by atoms with Gasteiger partial charge in [0.15, 0.2) is 0 Å². The molecule has 0 bridgehead atoms. The molecule has 0 saturated carbocycles. The van der Waals surface area contributed by atoms with Crippen LogP contribution in [0.4, 0.5) is 0 Å². The van der Waals surface area contributed by atoms with E-state index in [1.165, 1.54) is 29.7 Å². The van der Waals surface area contributed by atoms with Gasteiger partial charge in [0.1, 0.15) is 0 Å². The van der Waals surface area contributed by atoms with E-state index < -0.39 is 10.0 Å². The number of hydrogen-bond donors (Lipinski definition) is 1. The van der Waals surface area contributed by atoms with E-state index in [1.807, 2.05) is 6.92 Å². The van der Waals surface area contributed by atoms with Gasteiger partial charge < -0.3 is 0 Å². The molecule has 0 unspecified atom stereocenters. The Morgan fingerprint density at radius 3 is 2.47 bits per heavy atom. The van der Waals surface area contributed by atoms with Gasteiger partial charge in [-0.2, -0.15) is 13.5 Å². The lowest BCUT2D eigenvalue weighted by Gasteiger charge is -2.02. The van der Waals surface area contributed by atoms with Crippen molar-refractivity contribution in [3.8, 4) is 0 Å². The summed E-state index contributed by atoms with van der Waals surface area (Å²) in [6, 6.07) is 10.0. The van der Waals surface area contributed by atoms with Gasteiger partial charge in [0.2, 0.25) is 0 Å². The number of rotatable bonds is 4. The number of nitrogens with zero attached hydrogens (tertiary/aromatic N) is 1. The Kier molecular flexibility index (Phi) is 4.24. The smallest absolute Gasteiger partial charge is 0.200 e. The standard InChI is InChI=1S/C12H11ClN2O2S2/c1-9-2-5-11(6-3-9)19(16,17)15-14-8-10-4-7-12(13)18-10/h2-8,15H,1H3. The second kappa shape index (κ2) is 5.73. The highest BCUT2D eigenvalue weighted by molar-refractivity contribution is 7.89. The molecule has 2 aromatic rings. The van der Waals surface area contributed by atoms with Gasteiger partial charge in [-0.25, -0.2) is 4.83 Å². The predicted octanol–water partition coefficient (Wildman–Crippen LogP) is 3.02. The first-order valence-corrected chi connectivity index (χ1v) is 8.02. The lowest BCUT2D eigenvalue weighted by atomic mass is 10.2. The van der Waals surface area contributed by atoms with Crippen molar-refractivity contribution in [2.24, 2.45) is 5.10 Å². The molecule has 100 valence electrons. The Bertz CT molecular complexity index is 691. The molecule has 0 spiro atoms. The van der Waals surface area contributed by atoms with E-state index in [1.54, 1.807) is 24.3 Å². The number of sulfonamides is 1. The molecule has 2 rings (SSSR count). The minimum absolute atomic E-state index is 0.180. The van der Waals surface area contributed by atoms with Crippen molar-refractivity contribution < 1.29 is 8.42 Å². The second-order valence-electron chi connectivity index (χ2n) is 3.81. The van der Waals surface area contributed by atoms with E-state index in [-0.39, 0.29) is 4.90 Å². The van der Waals surface area contributed by atoms with Crippen LogP contribution in [0.2, 0.25) is 4.34 Å². The van der Waals surface area contributed by atoms with Crippen LogP contribution in [0.25, 0.3) is 0 Å². The molecule has 0 fully saturated rings. The van der Waals surface area contributed by atoms with Crippen LogP contribution in [0.1, 0.15) is 10.4 Å². The molecule has 0 aliphatic carbocycles. The third-order valence-electron chi connectivity index (χ3n) is 2.29. The zero-order chi connectivity index (χ0) is 13.9. The maximum absolute atomic E-state index is 11.9.